The minimum absolute atomic E-state index is 0.0746. The van der Waals surface area contributed by atoms with Gasteiger partial charge in [0.15, 0.2) is 12.0 Å². The summed E-state index contributed by atoms with van der Waals surface area (Å²) in [5, 5.41) is 0. The van der Waals surface area contributed by atoms with Crippen LogP contribution in [0.3, 0.4) is 0 Å². The zero-order valence-corrected chi connectivity index (χ0v) is 12.9. The molecular weight excluding hydrogens is 305 g/mol. The SMILES string of the molecule is CC(C)(C)c1cccc(-[n+]2[c-][nH]c3cnc(C(F)(F)F)nc32)c1. The zero-order chi connectivity index (χ0) is 16.8. The summed E-state index contributed by atoms with van der Waals surface area (Å²) in [5.74, 6) is -1.17. The first-order valence-corrected chi connectivity index (χ1v) is 7.03. The Hall–Kier alpha value is -2.44. The quantitative estimate of drug-likeness (QED) is 0.552. The molecule has 0 amide bonds. The number of H-pyrrole nitrogens is 1. The van der Waals surface area contributed by atoms with Crippen LogP contribution in [0.1, 0.15) is 32.2 Å². The number of aromatic nitrogens is 4. The first kappa shape index (κ1) is 15.5. The van der Waals surface area contributed by atoms with E-state index in [4.69, 9.17) is 0 Å². The van der Waals surface area contributed by atoms with Crippen LogP contribution in [0.15, 0.2) is 30.5 Å². The molecule has 0 fully saturated rings. The summed E-state index contributed by atoms with van der Waals surface area (Å²) < 4.78 is 39.9. The Bertz CT molecular complexity index is 860. The average Bonchev–Trinajstić information content (AvgIpc) is 2.88. The van der Waals surface area contributed by atoms with Gasteiger partial charge in [-0.05, 0) is 11.0 Å². The van der Waals surface area contributed by atoms with Crippen molar-refractivity contribution in [1.82, 2.24) is 15.0 Å². The summed E-state index contributed by atoms with van der Waals surface area (Å²) in [6, 6.07) is 7.56. The Morgan fingerprint density at radius 3 is 2.57 bits per heavy atom. The summed E-state index contributed by atoms with van der Waals surface area (Å²) >= 11 is 0. The lowest BCUT2D eigenvalue weighted by Crippen LogP contribution is -2.31. The third-order valence-corrected chi connectivity index (χ3v) is 3.51. The molecule has 0 saturated heterocycles. The number of hydrogen-bond acceptors (Lipinski definition) is 2. The normalized spacial score (nSPS) is 12.8. The number of nitrogens with one attached hydrogen (secondary N) is 1. The monoisotopic (exact) mass is 320 g/mol. The van der Waals surface area contributed by atoms with Crippen molar-refractivity contribution in [3.8, 4) is 5.69 Å². The van der Waals surface area contributed by atoms with Crippen molar-refractivity contribution < 1.29 is 17.7 Å². The van der Waals surface area contributed by atoms with E-state index < -0.39 is 12.0 Å². The maximum Gasteiger partial charge on any atom is 0.467 e. The number of imidazole rings is 1. The van der Waals surface area contributed by atoms with Crippen LogP contribution in [-0.2, 0) is 11.6 Å². The molecule has 1 aromatic carbocycles. The summed E-state index contributed by atoms with van der Waals surface area (Å²) in [4.78, 5) is 9.75. The molecule has 0 aliphatic heterocycles. The smallest absolute Gasteiger partial charge is 0.356 e. The summed E-state index contributed by atoms with van der Waals surface area (Å²) in [6.45, 7) is 6.21. The Kier molecular flexibility index (Phi) is 3.39. The van der Waals surface area contributed by atoms with Crippen LogP contribution in [0.5, 0.6) is 0 Å². The number of aromatic amines is 1. The van der Waals surface area contributed by atoms with Gasteiger partial charge in [-0.2, -0.15) is 13.2 Å². The largest absolute Gasteiger partial charge is 0.467 e. The van der Waals surface area contributed by atoms with Gasteiger partial charge in [0.2, 0.25) is 0 Å². The predicted molar refractivity (Wildman–Crippen MR) is 78.0 cm³/mol. The number of halogens is 3. The molecule has 4 nitrogen and oxygen atoms in total. The molecule has 0 aliphatic rings. The highest BCUT2D eigenvalue weighted by Crippen LogP contribution is 2.27. The molecule has 0 radical (unpaired) electrons. The molecular formula is C16H15F3N4. The second kappa shape index (κ2) is 5.04. The van der Waals surface area contributed by atoms with Crippen molar-refractivity contribution >= 4 is 11.2 Å². The lowest BCUT2D eigenvalue weighted by atomic mass is 9.87. The minimum Gasteiger partial charge on any atom is -0.356 e. The zero-order valence-electron chi connectivity index (χ0n) is 12.9. The highest BCUT2D eigenvalue weighted by atomic mass is 19.4. The number of hydrogen-bond donors (Lipinski definition) is 1. The second-order valence-corrected chi connectivity index (χ2v) is 6.30. The molecule has 7 heteroatoms. The fourth-order valence-corrected chi connectivity index (χ4v) is 2.24. The fourth-order valence-electron chi connectivity index (χ4n) is 2.24. The maximum atomic E-state index is 12.8. The molecule has 0 saturated carbocycles. The van der Waals surface area contributed by atoms with Gasteiger partial charge >= 0.3 is 6.18 Å². The van der Waals surface area contributed by atoms with E-state index in [1.54, 1.807) is 6.07 Å². The van der Waals surface area contributed by atoms with Gasteiger partial charge in [-0.3, -0.25) is 0 Å². The van der Waals surface area contributed by atoms with Crippen LogP contribution in [-0.4, -0.2) is 15.0 Å². The summed E-state index contributed by atoms with van der Waals surface area (Å²) in [7, 11) is 0. The van der Waals surface area contributed by atoms with E-state index in [2.05, 4.69) is 42.1 Å². The molecule has 2 aromatic heterocycles. The Balaban J connectivity index is 2.17. The molecule has 0 atom stereocenters. The molecule has 0 unspecified atom stereocenters. The van der Waals surface area contributed by atoms with Crippen LogP contribution in [0.25, 0.3) is 16.9 Å². The van der Waals surface area contributed by atoms with E-state index in [0.717, 1.165) is 11.8 Å². The summed E-state index contributed by atoms with van der Waals surface area (Å²) in [6.07, 6.45) is -0.661. The van der Waals surface area contributed by atoms with Crippen molar-refractivity contribution in [3.63, 3.8) is 0 Å². The van der Waals surface area contributed by atoms with Gasteiger partial charge in [0.05, 0.1) is 5.52 Å². The lowest BCUT2D eigenvalue weighted by molar-refractivity contribution is -0.573. The number of rotatable bonds is 1. The predicted octanol–water partition coefficient (Wildman–Crippen LogP) is 3.35. The van der Waals surface area contributed by atoms with Crippen LogP contribution in [0.2, 0.25) is 0 Å². The van der Waals surface area contributed by atoms with E-state index in [-0.39, 0.29) is 11.1 Å². The number of nitrogens with zero attached hydrogens (tertiary/aromatic N) is 3. The van der Waals surface area contributed by atoms with Crippen LogP contribution in [0.4, 0.5) is 13.2 Å². The maximum absolute atomic E-state index is 12.8. The van der Waals surface area contributed by atoms with Crippen molar-refractivity contribution in [2.45, 2.75) is 32.4 Å². The molecule has 0 bridgehead atoms. The Morgan fingerprint density at radius 1 is 1.17 bits per heavy atom. The first-order chi connectivity index (χ1) is 10.7. The van der Waals surface area contributed by atoms with Gasteiger partial charge in [0.1, 0.15) is 0 Å². The highest BCUT2D eigenvalue weighted by molar-refractivity contribution is 5.65. The Labute approximate surface area is 131 Å². The van der Waals surface area contributed by atoms with Crippen molar-refractivity contribution in [2.24, 2.45) is 0 Å². The number of fused-ring (bicyclic) bond motifs is 1. The lowest BCUT2D eigenvalue weighted by Gasteiger charge is -2.20. The topological polar surface area (TPSA) is 45.5 Å². The molecule has 3 aromatic rings. The molecule has 0 aliphatic carbocycles. The van der Waals surface area contributed by atoms with Gasteiger partial charge in [-0.1, -0.05) is 45.0 Å². The van der Waals surface area contributed by atoms with Crippen molar-refractivity contribution in [1.29, 1.82) is 0 Å². The van der Waals surface area contributed by atoms with E-state index in [1.807, 2.05) is 18.2 Å². The minimum atomic E-state index is -4.59. The van der Waals surface area contributed by atoms with E-state index >= 15 is 0 Å². The van der Waals surface area contributed by atoms with E-state index in [0.29, 0.717) is 11.2 Å². The highest BCUT2D eigenvalue weighted by Gasteiger charge is 2.37. The van der Waals surface area contributed by atoms with Crippen LogP contribution >= 0.6 is 0 Å². The molecule has 0 spiro atoms. The van der Waals surface area contributed by atoms with E-state index in [9.17, 15) is 13.2 Å². The number of benzene rings is 1. The molecule has 23 heavy (non-hydrogen) atoms. The molecule has 1 N–H and O–H groups in total. The molecule has 2 heterocycles. The standard InChI is InChI=1S/C16H15F3N4/c1-15(2,3)10-5-4-6-11(7-10)23-9-21-12-8-20-14(16(17,18)19)22-13(12)23/h4-8,21H,1-3H3. The first-order valence-electron chi connectivity index (χ1n) is 7.03. The van der Waals surface area contributed by atoms with Gasteiger partial charge in [0.25, 0.3) is 5.82 Å². The molecule has 120 valence electrons. The average molecular weight is 320 g/mol. The van der Waals surface area contributed by atoms with Crippen molar-refractivity contribution in [3.05, 3.63) is 48.2 Å². The Morgan fingerprint density at radius 2 is 1.91 bits per heavy atom. The van der Waals surface area contributed by atoms with Gasteiger partial charge in [-0.25, -0.2) is 4.98 Å². The number of alkyl halides is 3. The molecule has 3 rings (SSSR count). The fraction of sp³-hybridized carbons (Fsp3) is 0.312. The second-order valence-electron chi connectivity index (χ2n) is 6.30. The van der Waals surface area contributed by atoms with Gasteiger partial charge in [0, 0.05) is 11.9 Å². The van der Waals surface area contributed by atoms with Crippen LogP contribution in [0, 0.1) is 6.33 Å². The van der Waals surface area contributed by atoms with Gasteiger partial charge in [-0.15, -0.1) is 4.98 Å². The third-order valence-electron chi connectivity index (χ3n) is 3.51. The third kappa shape index (κ3) is 2.91. The van der Waals surface area contributed by atoms with Gasteiger partial charge < -0.3 is 9.55 Å². The van der Waals surface area contributed by atoms with Crippen LogP contribution < -0.4 is 4.57 Å². The van der Waals surface area contributed by atoms with E-state index in [1.165, 1.54) is 4.57 Å². The summed E-state index contributed by atoms with van der Waals surface area (Å²) in [5.41, 5.74) is 2.21. The van der Waals surface area contributed by atoms with Crippen molar-refractivity contribution in [2.75, 3.05) is 0 Å².